The van der Waals surface area contributed by atoms with E-state index in [4.69, 9.17) is 0 Å². The number of carbonyl (C=O) groups is 3. The standard InChI is InChI=1S/C24H27FN4O3/c1-13-19(12-29-20-6-4-17(25)9-16(20)11-21(29)30)26-14(2)22(13)23(31)27-18-5-3-15(10-18)24(32)28-7-8-28/h4,6,9,15,18,26H,3,5,7-8,10-12H2,1-2H3,(H,27,31)/t15-,18+/m0/s1. The first-order valence-electron chi connectivity index (χ1n) is 11.2. The van der Waals surface area contributed by atoms with Gasteiger partial charge in [0.15, 0.2) is 0 Å². The lowest BCUT2D eigenvalue weighted by molar-refractivity contribution is -0.129. The third kappa shape index (κ3) is 3.67. The quantitative estimate of drug-likeness (QED) is 0.704. The zero-order valence-corrected chi connectivity index (χ0v) is 18.3. The number of amides is 3. The minimum Gasteiger partial charge on any atom is -0.360 e. The Morgan fingerprint density at radius 3 is 2.75 bits per heavy atom. The van der Waals surface area contributed by atoms with Crippen molar-refractivity contribution in [2.45, 2.75) is 52.1 Å². The van der Waals surface area contributed by atoms with E-state index >= 15 is 0 Å². The van der Waals surface area contributed by atoms with Gasteiger partial charge in [0.2, 0.25) is 11.8 Å². The van der Waals surface area contributed by atoms with Crippen molar-refractivity contribution in [3.05, 3.63) is 52.1 Å². The summed E-state index contributed by atoms with van der Waals surface area (Å²) in [5.74, 6) is -0.361. The Morgan fingerprint density at radius 2 is 2.00 bits per heavy atom. The van der Waals surface area contributed by atoms with Gasteiger partial charge >= 0.3 is 0 Å². The number of anilines is 1. The number of aryl methyl sites for hydroxylation is 1. The van der Waals surface area contributed by atoms with Crippen molar-refractivity contribution in [1.29, 1.82) is 0 Å². The maximum Gasteiger partial charge on any atom is 0.253 e. The molecule has 7 nitrogen and oxygen atoms in total. The van der Waals surface area contributed by atoms with Gasteiger partial charge in [-0.05, 0) is 62.4 Å². The van der Waals surface area contributed by atoms with Crippen LogP contribution in [-0.4, -0.2) is 46.7 Å². The van der Waals surface area contributed by atoms with Crippen LogP contribution in [0.25, 0.3) is 0 Å². The van der Waals surface area contributed by atoms with Crippen LogP contribution in [0.3, 0.4) is 0 Å². The number of halogens is 1. The Morgan fingerprint density at radius 1 is 1.22 bits per heavy atom. The number of fused-ring (bicyclic) bond motifs is 1. The van der Waals surface area contributed by atoms with Crippen molar-refractivity contribution in [2.75, 3.05) is 18.0 Å². The number of benzene rings is 1. The van der Waals surface area contributed by atoms with Crippen LogP contribution in [-0.2, 0) is 22.6 Å². The molecule has 3 amide bonds. The molecule has 0 bridgehead atoms. The zero-order chi connectivity index (χ0) is 22.6. The number of aromatic amines is 1. The van der Waals surface area contributed by atoms with Crippen LogP contribution in [0.2, 0.25) is 0 Å². The summed E-state index contributed by atoms with van der Waals surface area (Å²) in [6, 6.07) is 4.38. The Hall–Kier alpha value is -3.16. The number of hydrogen-bond acceptors (Lipinski definition) is 3. The van der Waals surface area contributed by atoms with Gasteiger partial charge in [-0.1, -0.05) is 0 Å². The van der Waals surface area contributed by atoms with E-state index < -0.39 is 0 Å². The summed E-state index contributed by atoms with van der Waals surface area (Å²) < 4.78 is 13.5. The smallest absolute Gasteiger partial charge is 0.253 e. The van der Waals surface area contributed by atoms with Crippen molar-refractivity contribution in [3.8, 4) is 0 Å². The van der Waals surface area contributed by atoms with E-state index in [1.165, 1.54) is 12.1 Å². The average molecular weight is 439 g/mol. The second-order valence-corrected chi connectivity index (χ2v) is 9.16. The van der Waals surface area contributed by atoms with E-state index in [0.717, 1.165) is 42.9 Å². The third-order valence-corrected chi connectivity index (χ3v) is 6.94. The van der Waals surface area contributed by atoms with E-state index in [2.05, 4.69) is 10.3 Å². The van der Waals surface area contributed by atoms with Crippen LogP contribution >= 0.6 is 0 Å². The van der Waals surface area contributed by atoms with Crippen LogP contribution in [0, 0.1) is 25.6 Å². The van der Waals surface area contributed by atoms with Gasteiger partial charge in [-0.25, -0.2) is 4.39 Å². The van der Waals surface area contributed by atoms with Crippen molar-refractivity contribution in [2.24, 2.45) is 5.92 Å². The lowest BCUT2D eigenvalue weighted by Gasteiger charge is -2.17. The number of hydrogen-bond donors (Lipinski definition) is 2. The fourth-order valence-corrected chi connectivity index (χ4v) is 5.12. The first-order chi connectivity index (χ1) is 15.3. The van der Waals surface area contributed by atoms with E-state index in [-0.39, 0.29) is 41.9 Å². The molecule has 32 heavy (non-hydrogen) atoms. The molecule has 3 aliphatic rings. The fourth-order valence-electron chi connectivity index (χ4n) is 5.12. The molecule has 2 N–H and O–H groups in total. The van der Waals surface area contributed by atoms with E-state index in [9.17, 15) is 18.8 Å². The predicted molar refractivity (Wildman–Crippen MR) is 117 cm³/mol. The van der Waals surface area contributed by atoms with Gasteiger partial charge in [0.05, 0.1) is 18.5 Å². The second-order valence-electron chi connectivity index (χ2n) is 9.16. The van der Waals surface area contributed by atoms with Crippen LogP contribution in [0.5, 0.6) is 0 Å². The van der Waals surface area contributed by atoms with Gasteiger partial charge < -0.3 is 20.1 Å². The summed E-state index contributed by atoms with van der Waals surface area (Å²) in [5, 5.41) is 3.11. The molecule has 1 saturated carbocycles. The highest BCUT2D eigenvalue weighted by Gasteiger charge is 2.37. The SMILES string of the molecule is Cc1[nH]c(CN2C(=O)Cc3cc(F)ccc32)c(C)c1C(=O)N[C@@H]1CC[C@H](C(=O)N2CC2)C1. The van der Waals surface area contributed by atoms with Gasteiger partial charge in [-0.2, -0.15) is 0 Å². The first-order valence-corrected chi connectivity index (χ1v) is 11.2. The largest absolute Gasteiger partial charge is 0.360 e. The molecule has 2 aliphatic heterocycles. The molecular formula is C24H27FN4O3. The normalized spacial score (nSPS) is 21.8. The molecule has 0 unspecified atom stereocenters. The molecule has 0 spiro atoms. The maximum atomic E-state index is 13.5. The Bertz CT molecular complexity index is 1120. The highest BCUT2D eigenvalue weighted by Crippen LogP contribution is 2.33. The number of aromatic nitrogens is 1. The molecule has 2 aromatic rings. The number of carbonyl (C=O) groups excluding carboxylic acids is 3. The molecule has 5 rings (SSSR count). The Balaban J connectivity index is 1.29. The van der Waals surface area contributed by atoms with E-state index in [1.807, 2.05) is 18.7 Å². The highest BCUT2D eigenvalue weighted by molar-refractivity contribution is 6.01. The van der Waals surface area contributed by atoms with Gasteiger partial charge in [0.1, 0.15) is 5.82 Å². The predicted octanol–water partition coefficient (Wildman–Crippen LogP) is 2.60. The van der Waals surface area contributed by atoms with Crippen LogP contribution in [0.4, 0.5) is 10.1 Å². The first kappa shape index (κ1) is 20.7. The summed E-state index contributed by atoms with van der Waals surface area (Å²) in [4.78, 5) is 44.6. The molecule has 2 fully saturated rings. The van der Waals surface area contributed by atoms with E-state index in [1.54, 1.807) is 11.0 Å². The zero-order valence-electron chi connectivity index (χ0n) is 18.3. The minimum atomic E-state index is -0.352. The summed E-state index contributed by atoms with van der Waals surface area (Å²) in [7, 11) is 0. The van der Waals surface area contributed by atoms with Crippen LogP contribution in [0.15, 0.2) is 18.2 Å². The molecule has 8 heteroatoms. The van der Waals surface area contributed by atoms with Gasteiger partial charge in [0.25, 0.3) is 5.91 Å². The summed E-state index contributed by atoms with van der Waals surface area (Å²) in [5.41, 5.74) is 4.32. The van der Waals surface area contributed by atoms with Crippen molar-refractivity contribution in [1.82, 2.24) is 15.2 Å². The molecular weight excluding hydrogens is 411 g/mol. The maximum absolute atomic E-state index is 13.5. The van der Waals surface area contributed by atoms with Crippen molar-refractivity contribution >= 4 is 23.4 Å². The third-order valence-electron chi connectivity index (χ3n) is 6.94. The summed E-state index contributed by atoms with van der Waals surface area (Å²) in [6.07, 6.45) is 2.49. The highest BCUT2D eigenvalue weighted by atomic mass is 19.1. The fraction of sp³-hybridized carbons (Fsp3) is 0.458. The Labute approximate surface area is 186 Å². The molecule has 0 radical (unpaired) electrons. The Kier molecular flexibility index (Phi) is 5.03. The second kappa shape index (κ2) is 7.76. The number of rotatable bonds is 5. The monoisotopic (exact) mass is 438 g/mol. The number of nitrogens with zero attached hydrogens (tertiary/aromatic N) is 2. The molecule has 1 saturated heterocycles. The van der Waals surface area contributed by atoms with Crippen LogP contribution < -0.4 is 10.2 Å². The van der Waals surface area contributed by atoms with E-state index in [0.29, 0.717) is 29.8 Å². The minimum absolute atomic E-state index is 0.00418. The van der Waals surface area contributed by atoms with Crippen LogP contribution in [0.1, 0.15) is 52.1 Å². The molecule has 2 atom stereocenters. The van der Waals surface area contributed by atoms with Gasteiger partial charge in [-0.15, -0.1) is 0 Å². The molecule has 1 aromatic heterocycles. The summed E-state index contributed by atoms with van der Waals surface area (Å²) >= 11 is 0. The topological polar surface area (TPSA) is 85.3 Å². The number of H-pyrrole nitrogens is 1. The van der Waals surface area contributed by atoms with Gasteiger partial charge in [-0.3, -0.25) is 14.4 Å². The molecule has 168 valence electrons. The van der Waals surface area contributed by atoms with Crippen molar-refractivity contribution < 1.29 is 18.8 Å². The summed E-state index contributed by atoms with van der Waals surface area (Å²) in [6.45, 7) is 5.74. The lowest BCUT2D eigenvalue weighted by Crippen LogP contribution is -2.34. The molecule has 1 aliphatic carbocycles. The number of nitrogens with one attached hydrogen (secondary N) is 2. The molecule has 1 aromatic carbocycles. The van der Waals surface area contributed by atoms with Gasteiger partial charge in [0, 0.05) is 42.1 Å². The molecule has 3 heterocycles. The lowest BCUT2D eigenvalue weighted by atomic mass is 10.1. The van der Waals surface area contributed by atoms with Crippen molar-refractivity contribution in [3.63, 3.8) is 0 Å². The average Bonchev–Trinajstić information content (AvgIpc) is 3.33.